The van der Waals surface area contributed by atoms with Gasteiger partial charge in [-0.25, -0.2) is 0 Å². The minimum atomic E-state index is 0.121. The summed E-state index contributed by atoms with van der Waals surface area (Å²) in [6.07, 6.45) is 0.953. The van der Waals surface area contributed by atoms with Crippen LogP contribution in [-0.4, -0.2) is 29.8 Å². The molecule has 10 heavy (non-hydrogen) atoms. The van der Waals surface area contributed by atoms with Crippen LogP contribution in [0.5, 0.6) is 0 Å². The molecule has 0 fully saturated rings. The van der Waals surface area contributed by atoms with E-state index in [-0.39, 0.29) is 5.54 Å². The van der Waals surface area contributed by atoms with Gasteiger partial charge in [0.25, 0.3) is 0 Å². The van der Waals surface area contributed by atoms with E-state index in [0.29, 0.717) is 6.54 Å². The van der Waals surface area contributed by atoms with Crippen LogP contribution in [0.15, 0.2) is 0 Å². The molecule has 0 aliphatic carbocycles. The summed E-state index contributed by atoms with van der Waals surface area (Å²) in [6, 6.07) is 0. The van der Waals surface area contributed by atoms with Gasteiger partial charge in [-0.2, -0.15) is 0 Å². The van der Waals surface area contributed by atoms with E-state index in [1.807, 2.05) is 0 Å². The van der Waals surface area contributed by atoms with E-state index in [2.05, 4.69) is 32.6 Å². The Labute approximate surface area is 63.2 Å². The van der Waals surface area contributed by atoms with Crippen molar-refractivity contribution in [3.05, 3.63) is 0 Å². The molecule has 0 amide bonds. The Kier molecular flexibility index (Phi) is 3.58. The molecule has 60 valence electrons. The van der Waals surface area contributed by atoms with E-state index in [0.717, 1.165) is 12.8 Å². The molecular weight excluding hydrogens is 126 g/mol. The monoisotopic (exact) mass is 143 g/mol. The van der Waals surface area contributed by atoms with Crippen LogP contribution in [0.3, 0.4) is 0 Å². The highest BCUT2D eigenvalue weighted by molar-refractivity contribution is 5.52. The summed E-state index contributed by atoms with van der Waals surface area (Å²) in [7, 11) is 0. The van der Waals surface area contributed by atoms with E-state index >= 15 is 0 Å². The van der Waals surface area contributed by atoms with Crippen molar-refractivity contribution in [2.75, 3.05) is 13.1 Å². The van der Waals surface area contributed by atoms with Gasteiger partial charge >= 0.3 is 0 Å². The Morgan fingerprint density at radius 2 is 1.90 bits per heavy atom. The van der Waals surface area contributed by atoms with Gasteiger partial charge in [0.15, 0.2) is 0 Å². The van der Waals surface area contributed by atoms with Gasteiger partial charge in [0.1, 0.15) is 6.29 Å². The molecule has 0 saturated heterocycles. The maximum atomic E-state index is 10.2. The first-order valence-corrected chi connectivity index (χ1v) is 3.71. The van der Waals surface area contributed by atoms with Gasteiger partial charge in [-0.3, -0.25) is 4.90 Å². The fraction of sp³-hybridized carbons (Fsp3) is 0.875. The minimum absolute atomic E-state index is 0.121. The number of likely N-dealkylation sites (N-methyl/N-ethyl adjacent to an activating group) is 1. The minimum Gasteiger partial charge on any atom is -0.302 e. The van der Waals surface area contributed by atoms with Crippen LogP contribution in [0.1, 0.15) is 27.7 Å². The molecule has 0 bridgehead atoms. The number of rotatable bonds is 3. The summed E-state index contributed by atoms with van der Waals surface area (Å²) in [6.45, 7) is 9.87. The fourth-order valence-electron chi connectivity index (χ4n) is 0.967. The van der Waals surface area contributed by atoms with Crippen molar-refractivity contribution < 1.29 is 4.79 Å². The van der Waals surface area contributed by atoms with Crippen LogP contribution in [-0.2, 0) is 4.79 Å². The van der Waals surface area contributed by atoms with Crippen molar-refractivity contribution >= 4 is 6.29 Å². The molecule has 0 rings (SSSR count). The molecule has 0 heterocycles. The second-order valence-corrected chi connectivity index (χ2v) is 3.38. The largest absolute Gasteiger partial charge is 0.302 e. The maximum absolute atomic E-state index is 10.2. The number of carbonyl (C=O) groups is 1. The first-order valence-electron chi connectivity index (χ1n) is 3.71. The van der Waals surface area contributed by atoms with Crippen LogP contribution in [0.4, 0.5) is 0 Å². The molecule has 0 saturated carbocycles. The number of hydrogen-bond donors (Lipinski definition) is 0. The van der Waals surface area contributed by atoms with E-state index in [1.54, 1.807) is 0 Å². The van der Waals surface area contributed by atoms with Gasteiger partial charge in [-0.05, 0) is 27.3 Å². The van der Waals surface area contributed by atoms with Crippen molar-refractivity contribution in [3.8, 4) is 0 Å². The molecule has 0 aromatic rings. The Bertz CT molecular complexity index is 104. The molecule has 0 aromatic carbocycles. The zero-order valence-electron chi connectivity index (χ0n) is 7.35. The van der Waals surface area contributed by atoms with Crippen molar-refractivity contribution in [1.29, 1.82) is 0 Å². The van der Waals surface area contributed by atoms with E-state index in [1.165, 1.54) is 0 Å². The van der Waals surface area contributed by atoms with Crippen LogP contribution >= 0.6 is 0 Å². The molecule has 2 nitrogen and oxygen atoms in total. The van der Waals surface area contributed by atoms with Gasteiger partial charge < -0.3 is 4.79 Å². The smallest absolute Gasteiger partial charge is 0.133 e. The van der Waals surface area contributed by atoms with E-state index < -0.39 is 0 Å². The molecular formula is C8H17NO. The maximum Gasteiger partial charge on any atom is 0.133 e. The second kappa shape index (κ2) is 3.71. The van der Waals surface area contributed by atoms with Gasteiger partial charge in [-0.15, -0.1) is 0 Å². The van der Waals surface area contributed by atoms with Crippen LogP contribution < -0.4 is 0 Å². The van der Waals surface area contributed by atoms with E-state index in [4.69, 9.17) is 0 Å². The second-order valence-electron chi connectivity index (χ2n) is 3.38. The van der Waals surface area contributed by atoms with Gasteiger partial charge in [0, 0.05) is 5.54 Å². The van der Waals surface area contributed by atoms with Crippen LogP contribution in [0, 0.1) is 0 Å². The Hall–Kier alpha value is -0.370. The fourth-order valence-corrected chi connectivity index (χ4v) is 0.967. The van der Waals surface area contributed by atoms with Crippen molar-refractivity contribution in [2.45, 2.75) is 33.2 Å². The first kappa shape index (κ1) is 9.63. The Balaban J connectivity index is 3.92. The average molecular weight is 143 g/mol. The summed E-state index contributed by atoms with van der Waals surface area (Å²) in [4.78, 5) is 12.3. The molecule has 0 atom stereocenters. The average Bonchev–Trinajstić information content (AvgIpc) is 1.80. The summed E-state index contributed by atoms with van der Waals surface area (Å²) in [5, 5.41) is 0. The predicted octanol–water partition coefficient (Wildman–Crippen LogP) is 1.31. The number of nitrogens with zero attached hydrogens (tertiary/aromatic N) is 1. The zero-order valence-corrected chi connectivity index (χ0v) is 7.35. The lowest BCUT2D eigenvalue weighted by molar-refractivity contribution is -0.109. The van der Waals surface area contributed by atoms with Crippen molar-refractivity contribution in [3.63, 3.8) is 0 Å². The number of carbonyl (C=O) groups excluding carboxylic acids is 1. The van der Waals surface area contributed by atoms with E-state index in [9.17, 15) is 4.79 Å². The molecule has 0 aliphatic rings. The Morgan fingerprint density at radius 3 is 2.00 bits per heavy atom. The lowest BCUT2D eigenvalue weighted by Crippen LogP contribution is -2.42. The zero-order chi connectivity index (χ0) is 8.20. The first-order chi connectivity index (χ1) is 4.52. The van der Waals surface area contributed by atoms with Gasteiger partial charge in [0.05, 0.1) is 6.54 Å². The van der Waals surface area contributed by atoms with Gasteiger partial charge in [-0.1, -0.05) is 6.92 Å². The Morgan fingerprint density at radius 1 is 1.40 bits per heavy atom. The van der Waals surface area contributed by atoms with Crippen molar-refractivity contribution in [1.82, 2.24) is 4.90 Å². The third kappa shape index (κ3) is 2.97. The molecule has 0 radical (unpaired) electrons. The molecule has 0 spiro atoms. The molecule has 0 aromatic heterocycles. The topological polar surface area (TPSA) is 20.3 Å². The summed E-state index contributed by atoms with van der Waals surface area (Å²) < 4.78 is 0. The molecule has 0 unspecified atom stereocenters. The third-order valence-electron chi connectivity index (χ3n) is 1.63. The highest BCUT2D eigenvalue weighted by Gasteiger charge is 2.17. The third-order valence-corrected chi connectivity index (χ3v) is 1.63. The van der Waals surface area contributed by atoms with Crippen LogP contribution in [0.2, 0.25) is 0 Å². The standard InChI is InChI=1S/C8H17NO/c1-5-9(6-7-10)8(2,3)4/h7H,5-6H2,1-4H3. The van der Waals surface area contributed by atoms with Crippen molar-refractivity contribution in [2.24, 2.45) is 0 Å². The lowest BCUT2D eigenvalue weighted by Gasteiger charge is -2.32. The van der Waals surface area contributed by atoms with Gasteiger partial charge in [0.2, 0.25) is 0 Å². The number of aldehydes is 1. The highest BCUT2D eigenvalue weighted by Crippen LogP contribution is 2.10. The number of hydrogen-bond acceptors (Lipinski definition) is 2. The highest BCUT2D eigenvalue weighted by atomic mass is 16.1. The summed E-state index contributed by atoms with van der Waals surface area (Å²) in [5.41, 5.74) is 0.121. The summed E-state index contributed by atoms with van der Waals surface area (Å²) >= 11 is 0. The molecule has 0 aliphatic heterocycles. The SMILES string of the molecule is CCN(CC=O)C(C)(C)C. The van der Waals surface area contributed by atoms with Crippen LogP contribution in [0.25, 0.3) is 0 Å². The molecule has 2 heteroatoms. The lowest BCUT2D eigenvalue weighted by atomic mass is 10.1. The quantitative estimate of drug-likeness (QED) is 0.555. The molecule has 0 N–H and O–H groups in total. The normalized spacial score (nSPS) is 12.1. The predicted molar refractivity (Wildman–Crippen MR) is 43.1 cm³/mol. The summed E-state index contributed by atoms with van der Waals surface area (Å²) in [5.74, 6) is 0.